The number of amides is 1. The summed E-state index contributed by atoms with van der Waals surface area (Å²) in [4.78, 5) is 16.2. The molecule has 0 spiro atoms. The molecule has 6 heteroatoms. The van der Waals surface area contributed by atoms with Gasteiger partial charge in [0.1, 0.15) is 12.3 Å². The van der Waals surface area contributed by atoms with Crippen molar-refractivity contribution in [3.63, 3.8) is 0 Å². The molecule has 0 aromatic heterocycles. The zero-order chi connectivity index (χ0) is 17.9. The first-order valence-corrected chi connectivity index (χ1v) is 8.88. The van der Waals surface area contributed by atoms with Crippen LogP contribution in [-0.4, -0.2) is 50.9 Å². The molecule has 1 amide bonds. The van der Waals surface area contributed by atoms with E-state index in [9.17, 15) is 4.79 Å². The molecule has 2 aromatic rings. The first-order chi connectivity index (χ1) is 12.7. The van der Waals surface area contributed by atoms with E-state index in [0.29, 0.717) is 17.1 Å². The fourth-order valence-corrected chi connectivity index (χ4v) is 3.45. The summed E-state index contributed by atoms with van der Waals surface area (Å²) in [5.41, 5.74) is 1.95. The van der Waals surface area contributed by atoms with Crippen molar-refractivity contribution in [1.82, 2.24) is 4.90 Å². The molecule has 26 heavy (non-hydrogen) atoms. The van der Waals surface area contributed by atoms with Gasteiger partial charge < -0.3 is 24.0 Å². The van der Waals surface area contributed by atoms with Gasteiger partial charge in [-0.3, -0.25) is 4.79 Å². The number of rotatable bonds is 4. The summed E-state index contributed by atoms with van der Waals surface area (Å²) in [7, 11) is 1.68. The van der Waals surface area contributed by atoms with Gasteiger partial charge in [0, 0.05) is 11.1 Å². The summed E-state index contributed by atoms with van der Waals surface area (Å²) < 4.78 is 15.9. The molecule has 0 aliphatic carbocycles. The number of benzene rings is 2. The second kappa shape index (κ2) is 7.25. The van der Waals surface area contributed by atoms with E-state index >= 15 is 0 Å². The smallest absolute Gasteiger partial charge is 0.254 e. The lowest BCUT2D eigenvalue weighted by Crippen LogP contribution is -3.13. The number of hydrogen-bond donors (Lipinski definition) is 1. The van der Waals surface area contributed by atoms with Crippen LogP contribution in [0.5, 0.6) is 17.2 Å². The molecule has 6 nitrogen and oxygen atoms in total. The average molecular weight is 355 g/mol. The van der Waals surface area contributed by atoms with Gasteiger partial charge in [-0.25, -0.2) is 0 Å². The van der Waals surface area contributed by atoms with Crippen molar-refractivity contribution in [2.45, 2.75) is 6.54 Å². The van der Waals surface area contributed by atoms with E-state index in [-0.39, 0.29) is 12.7 Å². The lowest BCUT2D eigenvalue weighted by Gasteiger charge is -2.32. The normalized spacial score (nSPS) is 16.6. The number of nitrogens with zero attached hydrogens (tertiary/aromatic N) is 1. The molecule has 1 saturated heterocycles. The van der Waals surface area contributed by atoms with Crippen molar-refractivity contribution >= 4 is 5.91 Å². The topological polar surface area (TPSA) is 52.4 Å². The number of piperazine rings is 1. The van der Waals surface area contributed by atoms with Gasteiger partial charge in [0.15, 0.2) is 11.5 Å². The summed E-state index contributed by atoms with van der Waals surface area (Å²) in [5.74, 6) is 2.30. The van der Waals surface area contributed by atoms with Gasteiger partial charge in [-0.1, -0.05) is 0 Å². The van der Waals surface area contributed by atoms with Crippen LogP contribution in [-0.2, 0) is 6.54 Å². The number of methoxy groups -OCH3 is 1. The molecule has 136 valence electrons. The van der Waals surface area contributed by atoms with Gasteiger partial charge in [-0.2, -0.15) is 0 Å². The van der Waals surface area contributed by atoms with E-state index < -0.39 is 0 Å². The van der Waals surface area contributed by atoms with Crippen molar-refractivity contribution in [3.8, 4) is 17.2 Å². The Labute approximate surface area is 152 Å². The third-order valence-corrected chi connectivity index (χ3v) is 4.99. The van der Waals surface area contributed by atoms with Gasteiger partial charge >= 0.3 is 0 Å². The minimum absolute atomic E-state index is 0.0618. The fourth-order valence-electron chi connectivity index (χ4n) is 3.45. The van der Waals surface area contributed by atoms with Crippen LogP contribution in [0.25, 0.3) is 0 Å². The van der Waals surface area contributed by atoms with Gasteiger partial charge in [-0.05, 0) is 42.5 Å². The maximum Gasteiger partial charge on any atom is 0.254 e. The number of hydrogen-bond acceptors (Lipinski definition) is 4. The molecular weight excluding hydrogens is 332 g/mol. The van der Waals surface area contributed by atoms with Crippen LogP contribution in [0, 0.1) is 0 Å². The average Bonchev–Trinajstić information content (AvgIpc) is 3.16. The van der Waals surface area contributed by atoms with Crippen LogP contribution < -0.4 is 19.1 Å². The van der Waals surface area contributed by atoms with Crippen molar-refractivity contribution in [3.05, 3.63) is 53.6 Å². The minimum atomic E-state index is 0.0618. The third kappa shape index (κ3) is 3.46. The molecule has 2 heterocycles. The number of fused-ring (bicyclic) bond motifs is 1. The number of quaternary nitrogens is 1. The molecule has 1 N–H and O–H groups in total. The molecular formula is C20H23N2O4+. The first kappa shape index (κ1) is 16.7. The monoisotopic (exact) mass is 355 g/mol. The molecule has 2 aromatic carbocycles. The SMILES string of the molecule is COc1ccc(C[NH+]2CCN(C(=O)c3ccc4c(c3)OCO4)CC2)cc1. The second-order valence-electron chi connectivity index (χ2n) is 6.64. The highest BCUT2D eigenvalue weighted by atomic mass is 16.7. The van der Waals surface area contributed by atoms with Crippen molar-refractivity contribution in [1.29, 1.82) is 0 Å². The summed E-state index contributed by atoms with van der Waals surface area (Å²) in [6, 6.07) is 13.6. The van der Waals surface area contributed by atoms with Crippen molar-refractivity contribution < 1.29 is 23.9 Å². The Morgan fingerprint density at radius 1 is 1.08 bits per heavy atom. The van der Waals surface area contributed by atoms with E-state index in [4.69, 9.17) is 14.2 Å². The predicted molar refractivity (Wildman–Crippen MR) is 95.9 cm³/mol. The zero-order valence-corrected chi connectivity index (χ0v) is 14.9. The van der Waals surface area contributed by atoms with Gasteiger partial charge in [0.2, 0.25) is 6.79 Å². The Morgan fingerprint density at radius 2 is 1.81 bits per heavy atom. The van der Waals surface area contributed by atoms with Gasteiger partial charge in [-0.15, -0.1) is 0 Å². The summed E-state index contributed by atoms with van der Waals surface area (Å²) in [6.45, 7) is 4.61. The van der Waals surface area contributed by atoms with E-state index in [1.54, 1.807) is 19.2 Å². The lowest BCUT2D eigenvalue weighted by atomic mass is 10.1. The zero-order valence-electron chi connectivity index (χ0n) is 14.9. The molecule has 2 aliphatic heterocycles. The second-order valence-corrected chi connectivity index (χ2v) is 6.64. The maximum absolute atomic E-state index is 12.7. The number of carbonyl (C=O) groups is 1. The Balaban J connectivity index is 1.33. The van der Waals surface area contributed by atoms with Gasteiger partial charge in [0.25, 0.3) is 5.91 Å². The Hall–Kier alpha value is -2.73. The van der Waals surface area contributed by atoms with Crippen LogP contribution in [0.15, 0.2) is 42.5 Å². The van der Waals surface area contributed by atoms with Crippen molar-refractivity contribution in [2.75, 3.05) is 40.1 Å². The van der Waals surface area contributed by atoms with Crippen LogP contribution in [0.4, 0.5) is 0 Å². The standard InChI is InChI=1S/C20H22N2O4/c1-24-17-5-2-15(3-6-17)13-21-8-10-22(11-9-21)20(23)16-4-7-18-19(12-16)26-14-25-18/h2-7,12H,8-11,13-14H2,1H3/p+1. The highest BCUT2D eigenvalue weighted by Gasteiger charge is 2.26. The maximum atomic E-state index is 12.7. The number of ether oxygens (including phenoxy) is 3. The first-order valence-electron chi connectivity index (χ1n) is 8.88. The van der Waals surface area contributed by atoms with E-state index in [0.717, 1.165) is 38.5 Å². The van der Waals surface area contributed by atoms with Crippen LogP contribution in [0.3, 0.4) is 0 Å². The van der Waals surface area contributed by atoms with Crippen molar-refractivity contribution in [2.24, 2.45) is 0 Å². The van der Waals surface area contributed by atoms with E-state index in [2.05, 4.69) is 12.1 Å². The molecule has 0 saturated carbocycles. The molecule has 0 atom stereocenters. The number of nitrogens with one attached hydrogen (secondary N) is 1. The molecule has 0 unspecified atom stereocenters. The summed E-state index contributed by atoms with van der Waals surface area (Å²) >= 11 is 0. The molecule has 0 radical (unpaired) electrons. The van der Waals surface area contributed by atoms with Crippen LogP contribution in [0.1, 0.15) is 15.9 Å². The largest absolute Gasteiger partial charge is 0.497 e. The number of carbonyl (C=O) groups excluding carboxylic acids is 1. The Kier molecular flexibility index (Phi) is 4.67. The molecule has 1 fully saturated rings. The molecule has 4 rings (SSSR count). The fraction of sp³-hybridized carbons (Fsp3) is 0.350. The molecule has 2 aliphatic rings. The highest BCUT2D eigenvalue weighted by Crippen LogP contribution is 2.32. The predicted octanol–water partition coefficient (Wildman–Crippen LogP) is 0.965. The third-order valence-electron chi connectivity index (χ3n) is 4.99. The highest BCUT2D eigenvalue weighted by molar-refractivity contribution is 5.95. The minimum Gasteiger partial charge on any atom is -0.497 e. The van der Waals surface area contributed by atoms with Crippen LogP contribution >= 0.6 is 0 Å². The Bertz CT molecular complexity index is 783. The van der Waals surface area contributed by atoms with Gasteiger partial charge in [0.05, 0.1) is 33.3 Å². The lowest BCUT2D eigenvalue weighted by molar-refractivity contribution is -0.917. The van der Waals surface area contributed by atoms with Crippen LogP contribution in [0.2, 0.25) is 0 Å². The summed E-state index contributed by atoms with van der Waals surface area (Å²) in [6.07, 6.45) is 0. The van der Waals surface area contributed by atoms with E-state index in [1.807, 2.05) is 23.1 Å². The summed E-state index contributed by atoms with van der Waals surface area (Å²) in [5, 5.41) is 0. The quantitative estimate of drug-likeness (QED) is 0.888. The van der Waals surface area contributed by atoms with E-state index in [1.165, 1.54) is 10.5 Å². The molecule has 0 bridgehead atoms. The Morgan fingerprint density at radius 3 is 2.54 bits per heavy atom.